The summed E-state index contributed by atoms with van der Waals surface area (Å²) in [5.41, 5.74) is 5.03. The quantitative estimate of drug-likeness (QED) is 0.289. The first-order valence-corrected chi connectivity index (χ1v) is 12.3. The summed E-state index contributed by atoms with van der Waals surface area (Å²) < 4.78 is 6.43. The van der Waals surface area contributed by atoms with Gasteiger partial charge >= 0.3 is 5.97 Å². The van der Waals surface area contributed by atoms with Crippen molar-refractivity contribution < 1.29 is 14.3 Å². The van der Waals surface area contributed by atoms with Gasteiger partial charge in [0.1, 0.15) is 17.6 Å². The number of aromatic nitrogens is 1. The summed E-state index contributed by atoms with van der Waals surface area (Å²) in [6, 6.07) is 22.8. The van der Waals surface area contributed by atoms with Gasteiger partial charge in [0.05, 0.1) is 17.3 Å². The third-order valence-corrected chi connectivity index (χ3v) is 6.91. The van der Waals surface area contributed by atoms with Crippen molar-refractivity contribution in [3.63, 3.8) is 0 Å². The van der Waals surface area contributed by atoms with Crippen LogP contribution in [0.5, 0.6) is 0 Å². The van der Waals surface area contributed by atoms with E-state index in [1.165, 1.54) is 5.56 Å². The SMILES string of the molecule is Cc1cc(C(=O)O)ccc1-c1ccc(C2C(c3ccccn3)NC(=S)N2c2ccc(C(C)C)cc2)o1. The number of furan rings is 1. The predicted octanol–water partition coefficient (Wildman–Crippen LogP) is 6.65. The minimum atomic E-state index is -0.951. The first kappa shape index (κ1) is 23.8. The van der Waals surface area contributed by atoms with Gasteiger partial charge in [-0.1, -0.05) is 38.1 Å². The highest BCUT2D eigenvalue weighted by atomic mass is 32.1. The van der Waals surface area contributed by atoms with E-state index in [1.807, 2.05) is 37.3 Å². The van der Waals surface area contributed by atoms with Crippen LogP contribution in [0.2, 0.25) is 0 Å². The number of anilines is 1. The van der Waals surface area contributed by atoms with Crippen molar-refractivity contribution in [2.75, 3.05) is 4.90 Å². The zero-order chi connectivity index (χ0) is 25.4. The zero-order valence-corrected chi connectivity index (χ0v) is 21.1. The maximum Gasteiger partial charge on any atom is 0.335 e. The Morgan fingerprint density at radius 3 is 2.50 bits per heavy atom. The van der Waals surface area contributed by atoms with E-state index in [0.29, 0.717) is 16.8 Å². The van der Waals surface area contributed by atoms with Gasteiger partial charge in [0.25, 0.3) is 0 Å². The molecule has 5 rings (SSSR count). The van der Waals surface area contributed by atoms with Crippen LogP contribution in [-0.2, 0) is 0 Å². The fraction of sp³-hybridized carbons (Fsp3) is 0.207. The summed E-state index contributed by atoms with van der Waals surface area (Å²) in [6.45, 7) is 6.23. The van der Waals surface area contributed by atoms with Gasteiger partial charge in [-0.25, -0.2) is 4.79 Å². The molecule has 6 nitrogen and oxygen atoms in total. The molecule has 0 amide bonds. The summed E-state index contributed by atoms with van der Waals surface area (Å²) in [4.78, 5) is 18.0. The number of benzene rings is 2. The second-order valence-corrected chi connectivity index (χ2v) is 9.67. The van der Waals surface area contributed by atoms with E-state index in [2.05, 4.69) is 53.3 Å². The topological polar surface area (TPSA) is 78.6 Å². The molecular weight excluding hydrogens is 470 g/mol. The molecule has 1 aliphatic rings. The molecule has 2 N–H and O–H groups in total. The maximum atomic E-state index is 11.4. The number of nitrogens with one attached hydrogen (secondary N) is 1. The van der Waals surface area contributed by atoms with Crippen LogP contribution in [0.15, 0.2) is 83.4 Å². The average molecular weight is 498 g/mol. The number of rotatable bonds is 6. The number of carboxylic acid groups (broad SMARTS) is 1. The second kappa shape index (κ2) is 9.59. The molecule has 3 heterocycles. The lowest BCUT2D eigenvalue weighted by Gasteiger charge is -2.26. The Morgan fingerprint density at radius 2 is 1.86 bits per heavy atom. The molecule has 2 aromatic carbocycles. The van der Waals surface area contributed by atoms with Crippen molar-refractivity contribution in [1.29, 1.82) is 0 Å². The van der Waals surface area contributed by atoms with Gasteiger partial charge in [-0.15, -0.1) is 0 Å². The van der Waals surface area contributed by atoms with Crippen molar-refractivity contribution >= 4 is 29.0 Å². The molecule has 2 atom stereocenters. The Balaban J connectivity index is 1.57. The molecule has 0 saturated carbocycles. The van der Waals surface area contributed by atoms with Crippen LogP contribution in [0.25, 0.3) is 11.3 Å². The van der Waals surface area contributed by atoms with Crippen LogP contribution in [0.4, 0.5) is 5.69 Å². The molecule has 2 aromatic heterocycles. The van der Waals surface area contributed by atoms with E-state index in [1.54, 1.807) is 24.4 Å². The maximum absolute atomic E-state index is 11.4. The monoisotopic (exact) mass is 497 g/mol. The molecule has 1 fully saturated rings. The van der Waals surface area contributed by atoms with Crippen molar-refractivity contribution in [1.82, 2.24) is 10.3 Å². The van der Waals surface area contributed by atoms with Gasteiger partial charge in [-0.05, 0) is 84.7 Å². The zero-order valence-electron chi connectivity index (χ0n) is 20.3. The molecule has 0 bridgehead atoms. The molecule has 7 heteroatoms. The van der Waals surface area contributed by atoms with E-state index in [9.17, 15) is 9.90 Å². The smallest absolute Gasteiger partial charge is 0.335 e. The predicted molar refractivity (Wildman–Crippen MR) is 144 cm³/mol. The number of carboxylic acids is 1. The standard InChI is InChI=1S/C29H27N3O3S/c1-17(2)19-7-10-21(11-8-19)32-27(26(31-29(32)36)23-6-4-5-15-30-23)25-14-13-24(35-25)22-12-9-20(28(33)34)16-18(22)3/h4-17,26-27H,1-3H3,(H,31,36)(H,33,34). The highest BCUT2D eigenvalue weighted by Crippen LogP contribution is 2.43. The highest BCUT2D eigenvalue weighted by Gasteiger charge is 2.42. The Hall–Kier alpha value is -3.97. The van der Waals surface area contributed by atoms with Crippen LogP contribution < -0.4 is 10.2 Å². The summed E-state index contributed by atoms with van der Waals surface area (Å²) in [5, 5.41) is 13.4. The third-order valence-electron chi connectivity index (χ3n) is 6.59. The summed E-state index contributed by atoms with van der Waals surface area (Å²) >= 11 is 5.81. The minimum Gasteiger partial charge on any atom is -0.478 e. The van der Waals surface area contributed by atoms with E-state index in [-0.39, 0.29) is 17.6 Å². The fourth-order valence-electron chi connectivity index (χ4n) is 4.67. The molecule has 1 saturated heterocycles. The number of aromatic carboxylic acids is 1. The second-order valence-electron chi connectivity index (χ2n) is 9.28. The molecule has 0 spiro atoms. The Bertz CT molecular complexity index is 1410. The summed E-state index contributed by atoms with van der Waals surface area (Å²) in [5.74, 6) is 0.894. The first-order chi connectivity index (χ1) is 17.3. The largest absolute Gasteiger partial charge is 0.478 e. The van der Waals surface area contributed by atoms with E-state index < -0.39 is 5.97 Å². The van der Waals surface area contributed by atoms with Crippen LogP contribution in [0.3, 0.4) is 0 Å². The van der Waals surface area contributed by atoms with Crippen LogP contribution in [-0.4, -0.2) is 21.2 Å². The molecular formula is C29H27N3O3S. The molecule has 4 aromatic rings. The lowest BCUT2D eigenvalue weighted by atomic mass is 10.0. The van der Waals surface area contributed by atoms with Crippen LogP contribution >= 0.6 is 12.2 Å². The van der Waals surface area contributed by atoms with Crippen molar-refractivity contribution in [2.24, 2.45) is 0 Å². The van der Waals surface area contributed by atoms with Crippen LogP contribution in [0, 0.1) is 6.92 Å². The van der Waals surface area contributed by atoms with Gasteiger partial charge in [0.2, 0.25) is 0 Å². The summed E-state index contributed by atoms with van der Waals surface area (Å²) in [6.07, 6.45) is 1.78. The van der Waals surface area contributed by atoms with E-state index >= 15 is 0 Å². The van der Waals surface area contributed by atoms with Gasteiger partial charge in [-0.2, -0.15) is 0 Å². The molecule has 1 aliphatic heterocycles. The molecule has 0 radical (unpaired) electrons. The number of carbonyl (C=O) groups is 1. The van der Waals surface area contributed by atoms with Crippen molar-refractivity contribution in [3.8, 4) is 11.3 Å². The van der Waals surface area contributed by atoms with Gasteiger partial charge in [-0.3, -0.25) is 4.98 Å². The highest BCUT2D eigenvalue weighted by molar-refractivity contribution is 7.80. The molecule has 2 unspecified atom stereocenters. The van der Waals surface area contributed by atoms with Gasteiger partial charge < -0.3 is 19.7 Å². The average Bonchev–Trinajstić information content (AvgIpc) is 3.49. The number of hydrogen-bond acceptors (Lipinski definition) is 4. The number of pyridine rings is 1. The third kappa shape index (κ3) is 4.38. The molecule has 36 heavy (non-hydrogen) atoms. The number of hydrogen-bond donors (Lipinski definition) is 2. The van der Waals surface area contributed by atoms with Crippen LogP contribution in [0.1, 0.15) is 64.8 Å². The van der Waals surface area contributed by atoms with Crippen molar-refractivity contribution in [3.05, 3.63) is 107 Å². The lowest BCUT2D eigenvalue weighted by Crippen LogP contribution is -2.29. The minimum absolute atomic E-state index is 0.210. The molecule has 182 valence electrons. The van der Waals surface area contributed by atoms with E-state index in [4.69, 9.17) is 16.6 Å². The first-order valence-electron chi connectivity index (χ1n) is 11.9. The number of nitrogens with zero attached hydrogens (tertiary/aromatic N) is 2. The molecule has 0 aliphatic carbocycles. The summed E-state index contributed by atoms with van der Waals surface area (Å²) in [7, 11) is 0. The number of aryl methyl sites for hydroxylation is 1. The van der Waals surface area contributed by atoms with Crippen molar-refractivity contribution in [2.45, 2.75) is 38.8 Å². The Labute approximate surface area is 215 Å². The number of thiocarbonyl (C=S) groups is 1. The fourth-order valence-corrected chi connectivity index (χ4v) is 5.02. The van der Waals surface area contributed by atoms with E-state index in [0.717, 1.165) is 28.3 Å². The Morgan fingerprint density at radius 1 is 1.08 bits per heavy atom. The van der Waals surface area contributed by atoms with Gasteiger partial charge in [0, 0.05) is 17.4 Å². The normalized spacial score (nSPS) is 17.4. The lowest BCUT2D eigenvalue weighted by molar-refractivity contribution is 0.0696. The Kier molecular flexibility index (Phi) is 6.33. The van der Waals surface area contributed by atoms with Gasteiger partial charge in [0.15, 0.2) is 5.11 Å².